The van der Waals surface area contributed by atoms with Crippen molar-refractivity contribution in [3.63, 3.8) is 0 Å². The molecule has 0 saturated heterocycles. The monoisotopic (exact) mass is 370 g/mol. The Labute approximate surface area is 160 Å². The molecule has 3 rings (SSSR count). The highest BCUT2D eigenvalue weighted by atomic mass is 16.4. The Hall–Kier alpha value is -2.37. The molecule has 0 fully saturated rings. The number of quaternary nitrogens is 2. The molecule has 0 spiro atoms. The van der Waals surface area contributed by atoms with Crippen molar-refractivity contribution in [2.24, 2.45) is 0 Å². The summed E-state index contributed by atoms with van der Waals surface area (Å²) in [6, 6.07) is 10.0. The smallest absolute Gasteiger partial charge is 0.336 e. The molecule has 0 amide bonds. The highest BCUT2D eigenvalue weighted by Crippen LogP contribution is 2.26. The van der Waals surface area contributed by atoms with Crippen molar-refractivity contribution in [1.82, 2.24) is 0 Å². The minimum Gasteiger partial charge on any atom is -0.463 e. The maximum absolute atomic E-state index is 12.0. The first-order valence-corrected chi connectivity index (χ1v) is 9.59. The number of aryl methyl sites for hydroxylation is 1. The number of nitrogens with two attached hydrogens (primary N) is 1. The predicted octanol–water partition coefficient (Wildman–Crippen LogP) is 1.77. The van der Waals surface area contributed by atoms with Crippen molar-refractivity contribution in [3.8, 4) is 0 Å². The van der Waals surface area contributed by atoms with Gasteiger partial charge in [0.1, 0.15) is 18.7 Å². The van der Waals surface area contributed by atoms with Crippen LogP contribution in [0.4, 0.5) is 0 Å². The van der Waals surface area contributed by atoms with Crippen LogP contribution in [0.15, 0.2) is 50.2 Å². The van der Waals surface area contributed by atoms with E-state index in [1.165, 1.54) is 10.5 Å². The summed E-state index contributed by atoms with van der Waals surface area (Å²) in [5.74, 6) is 1.42. The topological polar surface area (TPSA) is 64.4 Å². The van der Waals surface area contributed by atoms with Crippen LogP contribution < -0.4 is 15.8 Å². The summed E-state index contributed by atoms with van der Waals surface area (Å²) in [5.41, 5.74) is 3.87. The largest absolute Gasteiger partial charge is 0.463 e. The molecule has 2 heterocycles. The number of hydrogen-bond donors (Lipinski definition) is 2. The highest BCUT2D eigenvalue weighted by molar-refractivity contribution is 5.82. The van der Waals surface area contributed by atoms with Crippen molar-refractivity contribution >= 4 is 11.0 Å². The number of rotatable bonds is 7. The number of likely N-dealkylation sites (N-methyl/N-ethyl adjacent to an activating group) is 1. The minimum absolute atomic E-state index is 0.264. The third-order valence-corrected chi connectivity index (χ3v) is 5.19. The third-order valence-electron chi connectivity index (χ3n) is 5.19. The molecule has 27 heavy (non-hydrogen) atoms. The predicted molar refractivity (Wildman–Crippen MR) is 106 cm³/mol. The van der Waals surface area contributed by atoms with E-state index >= 15 is 0 Å². The fourth-order valence-corrected chi connectivity index (χ4v) is 3.71. The second-order valence-corrected chi connectivity index (χ2v) is 7.82. The molecule has 3 aromatic rings. The molecule has 5 nitrogen and oxygen atoms in total. The Balaban J connectivity index is 1.85. The van der Waals surface area contributed by atoms with E-state index in [1.807, 2.05) is 18.2 Å². The van der Waals surface area contributed by atoms with Gasteiger partial charge in [-0.1, -0.05) is 13.8 Å². The summed E-state index contributed by atoms with van der Waals surface area (Å²) < 4.78 is 11.1. The zero-order valence-electron chi connectivity index (χ0n) is 16.8. The van der Waals surface area contributed by atoms with Gasteiger partial charge in [0.25, 0.3) is 0 Å². The average Bonchev–Trinajstić information content (AvgIpc) is 3.11. The van der Waals surface area contributed by atoms with E-state index in [0.717, 1.165) is 35.4 Å². The second kappa shape index (κ2) is 8.11. The summed E-state index contributed by atoms with van der Waals surface area (Å²) >= 11 is 0. The summed E-state index contributed by atoms with van der Waals surface area (Å²) in [6.45, 7) is 8.05. The first-order valence-electron chi connectivity index (χ1n) is 9.59. The SMILES string of the molecule is Cc1cc2oc(=O)cc(C[NH2+]C[C@@H](c3ccco3)[NH+](C)C)c2cc1C(C)C. The van der Waals surface area contributed by atoms with Gasteiger partial charge in [-0.3, -0.25) is 0 Å². The van der Waals surface area contributed by atoms with Gasteiger partial charge >= 0.3 is 5.63 Å². The van der Waals surface area contributed by atoms with Crippen LogP contribution in [0.5, 0.6) is 0 Å². The molecule has 2 aromatic heterocycles. The van der Waals surface area contributed by atoms with Crippen molar-refractivity contribution in [2.75, 3.05) is 20.6 Å². The first kappa shape index (κ1) is 19.4. The molecule has 0 radical (unpaired) electrons. The molecule has 0 aliphatic carbocycles. The summed E-state index contributed by atoms with van der Waals surface area (Å²) in [4.78, 5) is 13.3. The van der Waals surface area contributed by atoms with E-state index in [0.29, 0.717) is 11.5 Å². The van der Waals surface area contributed by atoms with Crippen LogP contribution in [0.2, 0.25) is 0 Å². The highest BCUT2D eigenvalue weighted by Gasteiger charge is 2.22. The quantitative estimate of drug-likeness (QED) is 0.623. The van der Waals surface area contributed by atoms with Gasteiger partial charge in [0.05, 0.1) is 20.4 Å². The van der Waals surface area contributed by atoms with Crippen LogP contribution in [0.3, 0.4) is 0 Å². The van der Waals surface area contributed by atoms with Crippen LogP contribution in [0.1, 0.15) is 48.3 Å². The van der Waals surface area contributed by atoms with Crippen molar-refractivity contribution in [2.45, 2.75) is 39.3 Å². The van der Waals surface area contributed by atoms with E-state index < -0.39 is 0 Å². The first-order chi connectivity index (χ1) is 12.9. The lowest BCUT2D eigenvalue weighted by Gasteiger charge is -2.18. The number of fused-ring (bicyclic) bond motifs is 1. The van der Waals surface area contributed by atoms with E-state index in [9.17, 15) is 4.79 Å². The molecular formula is C22H30N2O3+2. The van der Waals surface area contributed by atoms with Crippen LogP contribution in [0, 0.1) is 6.92 Å². The molecule has 1 aromatic carbocycles. The van der Waals surface area contributed by atoms with Gasteiger partial charge < -0.3 is 19.1 Å². The Bertz CT molecular complexity index is 956. The van der Waals surface area contributed by atoms with Gasteiger partial charge in [-0.05, 0) is 48.2 Å². The molecule has 0 unspecified atom stereocenters. The van der Waals surface area contributed by atoms with Gasteiger partial charge in [0.2, 0.25) is 0 Å². The fourth-order valence-electron chi connectivity index (χ4n) is 3.71. The van der Waals surface area contributed by atoms with Crippen molar-refractivity contribution < 1.29 is 19.1 Å². The van der Waals surface area contributed by atoms with Crippen LogP contribution in [0.25, 0.3) is 11.0 Å². The maximum atomic E-state index is 12.0. The van der Waals surface area contributed by atoms with Crippen LogP contribution in [-0.2, 0) is 6.54 Å². The normalized spacial score (nSPS) is 13.0. The standard InChI is InChI=1S/C22H28N2O3/c1-14(2)17-11-18-16(10-22(25)27-21(18)9-15(17)3)12-23-13-19(24(4)5)20-7-6-8-26-20/h6-11,14,19,23H,12-13H2,1-5H3/p+2/t19-/m0/s1. The molecule has 144 valence electrons. The summed E-state index contributed by atoms with van der Waals surface area (Å²) in [5, 5.41) is 3.27. The molecule has 0 saturated carbocycles. The van der Waals surface area contributed by atoms with Gasteiger partial charge in [-0.25, -0.2) is 4.79 Å². The molecule has 3 N–H and O–H groups in total. The molecule has 5 heteroatoms. The Morgan fingerprint density at radius 2 is 1.96 bits per heavy atom. The Morgan fingerprint density at radius 3 is 2.59 bits per heavy atom. The molecule has 1 atom stereocenters. The van der Waals surface area contributed by atoms with Gasteiger partial charge in [-0.15, -0.1) is 0 Å². The second-order valence-electron chi connectivity index (χ2n) is 7.82. The van der Waals surface area contributed by atoms with Gasteiger partial charge in [-0.2, -0.15) is 0 Å². The Morgan fingerprint density at radius 1 is 1.19 bits per heavy atom. The average molecular weight is 370 g/mol. The van der Waals surface area contributed by atoms with Crippen molar-refractivity contribution in [3.05, 3.63) is 69.5 Å². The number of benzene rings is 1. The van der Waals surface area contributed by atoms with Crippen LogP contribution in [-0.4, -0.2) is 20.6 Å². The van der Waals surface area contributed by atoms with E-state index in [-0.39, 0.29) is 11.7 Å². The van der Waals surface area contributed by atoms with E-state index in [4.69, 9.17) is 8.83 Å². The summed E-state index contributed by atoms with van der Waals surface area (Å²) in [7, 11) is 4.26. The fraction of sp³-hybridized carbons (Fsp3) is 0.409. The Kier molecular flexibility index (Phi) is 5.82. The van der Waals surface area contributed by atoms with Crippen molar-refractivity contribution in [1.29, 1.82) is 0 Å². The molecule has 0 aliphatic heterocycles. The van der Waals surface area contributed by atoms with Crippen LogP contribution >= 0.6 is 0 Å². The number of nitrogens with one attached hydrogen (secondary N) is 1. The summed E-state index contributed by atoms with van der Waals surface area (Å²) in [6.07, 6.45) is 1.72. The van der Waals surface area contributed by atoms with Gasteiger partial charge in [0.15, 0.2) is 11.8 Å². The lowest BCUT2D eigenvalue weighted by Crippen LogP contribution is -3.09. The zero-order valence-corrected chi connectivity index (χ0v) is 16.8. The number of furan rings is 1. The zero-order chi connectivity index (χ0) is 19.6. The lowest BCUT2D eigenvalue weighted by molar-refractivity contribution is -0.911. The van der Waals surface area contributed by atoms with E-state index in [1.54, 1.807) is 12.3 Å². The molecular weight excluding hydrogens is 340 g/mol. The number of hydrogen-bond acceptors (Lipinski definition) is 3. The molecule has 0 bridgehead atoms. The van der Waals surface area contributed by atoms with E-state index in [2.05, 4.69) is 46.2 Å². The lowest BCUT2D eigenvalue weighted by atomic mass is 9.95. The third kappa shape index (κ3) is 4.31. The van der Waals surface area contributed by atoms with Gasteiger partial charge in [0, 0.05) is 17.0 Å². The maximum Gasteiger partial charge on any atom is 0.336 e. The minimum atomic E-state index is -0.289. The molecule has 0 aliphatic rings.